The highest BCUT2D eigenvalue weighted by Gasteiger charge is 2.30. The highest BCUT2D eigenvalue weighted by molar-refractivity contribution is 5.27. The molecule has 1 nitrogen and oxygen atoms in total. The molecule has 1 fully saturated rings. The van der Waals surface area contributed by atoms with E-state index in [2.05, 4.69) is 50.4 Å². The van der Waals surface area contributed by atoms with Gasteiger partial charge in [0.2, 0.25) is 0 Å². The number of rotatable bonds is 4. The first-order valence-electron chi connectivity index (χ1n) is 7.53. The van der Waals surface area contributed by atoms with Crippen LogP contribution >= 0.6 is 0 Å². The standard InChI is InChI=1S/C17H27N/c1-4-14(5-2)16-9-10-18-12-17(16)15-8-6-7-13(3)11-15/h6-8,11,14,16-18H,4-5,9-10,12H2,1-3H3. The monoisotopic (exact) mass is 245 g/mol. The average molecular weight is 245 g/mol. The summed E-state index contributed by atoms with van der Waals surface area (Å²) in [4.78, 5) is 0. The van der Waals surface area contributed by atoms with Gasteiger partial charge in [0.25, 0.3) is 0 Å². The van der Waals surface area contributed by atoms with E-state index < -0.39 is 0 Å². The van der Waals surface area contributed by atoms with Crippen LogP contribution in [0.3, 0.4) is 0 Å². The minimum absolute atomic E-state index is 0.712. The van der Waals surface area contributed by atoms with Crippen LogP contribution in [0.1, 0.15) is 50.2 Å². The van der Waals surface area contributed by atoms with Gasteiger partial charge in [-0.15, -0.1) is 0 Å². The van der Waals surface area contributed by atoms with Crippen molar-refractivity contribution in [1.82, 2.24) is 5.32 Å². The summed E-state index contributed by atoms with van der Waals surface area (Å²) in [6.07, 6.45) is 3.98. The normalized spacial score (nSPS) is 24.4. The first-order valence-corrected chi connectivity index (χ1v) is 7.53. The van der Waals surface area contributed by atoms with Crippen molar-refractivity contribution in [1.29, 1.82) is 0 Å². The van der Waals surface area contributed by atoms with Crippen LogP contribution in [0.2, 0.25) is 0 Å². The summed E-state index contributed by atoms with van der Waals surface area (Å²) in [7, 11) is 0. The van der Waals surface area contributed by atoms with Gasteiger partial charge in [-0.3, -0.25) is 0 Å². The Bertz CT molecular complexity index is 368. The van der Waals surface area contributed by atoms with Crippen molar-refractivity contribution in [3.05, 3.63) is 35.4 Å². The van der Waals surface area contributed by atoms with Crippen LogP contribution in [-0.4, -0.2) is 13.1 Å². The van der Waals surface area contributed by atoms with E-state index in [-0.39, 0.29) is 0 Å². The molecular formula is C17H27N. The maximum Gasteiger partial charge on any atom is 0.00229 e. The predicted molar refractivity (Wildman–Crippen MR) is 79.0 cm³/mol. The van der Waals surface area contributed by atoms with Crippen molar-refractivity contribution in [3.63, 3.8) is 0 Å². The molecule has 1 heteroatoms. The molecule has 0 aromatic heterocycles. The Hall–Kier alpha value is -0.820. The summed E-state index contributed by atoms with van der Waals surface area (Å²) in [6.45, 7) is 9.26. The van der Waals surface area contributed by atoms with Crippen molar-refractivity contribution in [3.8, 4) is 0 Å². The minimum atomic E-state index is 0.712. The van der Waals surface area contributed by atoms with E-state index in [0.717, 1.165) is 18.4 Å². The zero-order chi connectivity index (χ0) is 13.0. The van der Waals surface area contributed by atoms with E-state index in [9.17, 15) is 0 Å². The molecule has 1 aromatic carbocycles. The lowest BCUT2D eigenvalue weighted by molar-refractivity contribution is 0.213. The molecular weight excluding hydrogens is 218 g/mol. The zero-order valence-electron chi connectivity index (χ0n) is 12.1. The molecule has 2 rings (SSSR count). The molecule has 1 aliphatic heterocycles. The first-order chi connectivity index (χ1) is 8.76. The van der Waals surface area contributed by atoms with Gasteiger partial charge in [-0.05, 0) is 43.2 Å². The van der Waals surface area contributed by atoms with Crippen LogP contribution < -0.4 is 5.32 Å². The highest BCUT2D eigenvalue weighted by atomic mass is 14.9. The van der Waals surface area contributed by atoms with E-state index in [0.29, 0.717) is 5.92 Å². The summed E-state index contributed by atoms with van der Waals surface area (Å²) >= 11 is 0. The number of nitrogens with one attached hydrogen (secondary N) is 1. The highest BCUT2D eigenvalue weighted by Crippen LogP contribution is 2.37. The van der Waals surface area contributed by atoms with E-state index in [4.69, 9.17) is 0 Å². The van der Waals surface area contributed by atoms with Gasteiger partial charge in [0.15, 0.2) is 0 Å². The number of hydrogen-bond acceptors (Lipinski definition) is 1. The zero-order valence-corrected chi connectivity index (χ0v) is 12.1. The van der Waals surface area contributed by atoms with Gasteiger partial charge in [0.1, 0.15) is 0 Å². The van der Waals surface area contributed by atoms with Crippen LogP contribution in [0.25, 0.3) is 0 Å². The third-order valence-electron chi connectivity index (χ3n) is 4.66. The molecule has 1 saturated heterocycles. The SMILES string of the molecule is CCC(CC)C1CCNCC1c1cccc(C)c1. The van der Waals surface area contributed by atoms with E-state index >= 15 is 0 Å². The van der Waals surface area contributed by atoms with Crippen molar-refractivity contribution in [2.75, 3.05) is 13.1 Å². The Kier molecular flexibility index (Phi) is 4.82. The average Bonchev–Trinajstić information content (AvgIpc) is 2.41. The minimum Gasteiger partial charge on any atom is -0.316 e. The molecule has 100 valence electrons. The summed E-state index contributed by atoms with van der Waals surface area (Å²) in [5.41, 5.74) is 2.93. The lowest BCUT2D eigenvalue weighted by Crippen LogP contribution is -2.38. The molecule has 2 unspecified atom stereocenters. The molecule has 1 heterocycles. The largest absolute Gasteiger partial charge is 0.316 e. The fourth-order valence-electron chi connectivity index (χ4n) is 3.60. The van der Waals surface area contributed by atoms with Crippen molar-refractivity contribution in [2.24, 2.45) is 11.8 Å². The van der Waals surface area contributed by atoms with Crippen molar-refractivity contribution < 1.29 is 0 Å². The first kappa shape index (κ1) is 13.6. The number of hydrogen-bond donors (Lipinski definition) is 1. The Morgan fingerprint density at radius 1 is 1.28 bits per heavy atom. The second-order valence-electron chi connectivity index (χ2n) is 5.75. The van der Waals surface area contributed by atoms with Crippen LogP contribution in [-0.2, 0) is 0 Å². The van der Waals surface area contributed by atoms with Gasteiger partial charge in [-0.1, -0.05) is 56.5 Å². The number of piperidine rings is 1. The topological polar surface area (TPSA) is 12.0 Å². The van der Waals surface area contributed by atoms with Crippen molar-refractivity contribution >= 4 is 0 Å². The van der Waals surface area contributed by atoms with Gasteiger partial charge in [-0.2, -0.15) is 0 Å². The Labute approximate surface area is 112 Å². The lowest BCUT2D eigenvalue weighted by Gasteiger charge is -2.37. The third kappa shape index (κ3) is 2.95. The summed E-state index contributed by atoms with van der Waals surface area (Å²) in [6, 6.07) is 9.11. The molecule has 0 radical (unpaired) electrons. The predicted octanol–water partition coefficient (Wildman–Crippen LogP) is 4.12. The Morgan fingerprint density at radius 2 is 2.06 bits per heavy atom. The van der Waals surface area contributed by atoms with Gasteiger partial charge < -0.3 is 5.32 Å². The fraction of sp³-hybridized carbons (Fsp3) is 0.647. The molecule has 0 aliphatic carbocycles. The molecule has 0 spiro atoms. The molecule has 1 aliphatic rings. The second-order valence-corrected chi connectivity index (χ2v) is 5.75. The molecule has 1 aromatic rings. The number of benzene rings is 1. The van der Waals surface area contributed by atoms with Crippen molar-refractivity contribution in [2.45, 2.75) is 46.0 Å². The smallest absolute Gasteiger partial charge is 0.00229 e. The van der Waals surface area contributed by atoms with Crippen LogP contribution in [0.15, 0.2) is 24.3 Å². The van der Waals surface area contributed by atoms with Gasteiger partial charge in [-0.25, -0.2) is 0 Å². The molecule has 18 heavy (non-hydrogen) atoms. The maximum atomic E-state index is 3.59. The fourth-order valence-corrected chi connectivity index (χ4v) is 3.60. The molecule has 0 amide bonds. The second kappa shape index (κ2) is 6.38. The number of aryl methyl sites for hydroxylation is 1. The van der Waals surface area contributed by atoms with Crippen LogP contribution in [0, 0.1) is 18.8 Å². The van der Waals surface area contributed by atoms with E-state index in [1.165, 1.54) is 31.4 Å². The van der Waals surface area contributed by atoms with E-state index in [1.54, 1.807) is 5.56 Å². The maximum absolute atomic E-state index is 3.59. The lowest BCUT2D eigenvalue weighted by atomic mass is 9.72. The quantitative estimate of drug-likeness (QED) is 0.841. The van der Waals surface area contributed by atoms with E-state index in [1.807, 2.05) is 0 Å². The molecule has 0 bridgehead atoms. The van der Waals surface area contributed by atoms with Crippen LogP contribution in [0.4, 0.5) is 0 Å². The Morgan fingerprint density at radius 3 is 2.72 bits per heavy atom. The van der Waals surface area contributed by atoms with Gasteiger partial charge >= 0.3 is 0 Å². The Balaban J connectivity index is 2.22. The van der Waals surface area contributed by atoms with Gasteiger partial charge in [0, 0.05) is 6.54 Å². The molecule has 0 saturated carbocycles. The molecule has 2 atom stereocenters. The summed E-state index contributed by atoms with van der Waals surface area (Å²) < 4.78 is 0. The summed E-state index contributed by atoms with van der Waals surface area (Å²) in [5.74, 6) is 2.46. The van der Waals surface area contributed by atoms with Gasteiger partial charge in [0.05, 0.1) is 0 Å². The third-order valence-corrected chi connectivity index (χ3v) is 4.66. The summed E-state index contributed by atoms with van der Waals surface area (Å²) in [5, 5.41) is 3.59. The van der Waals surface area contributed by atoms with Crippen LogP contribution in [0.5, 0.6) is 0 Å². The molecule has 1 N–H and O–H groups in total.